The van der Waals surface area contributed by atoms with E-state index < -0.39 is 0 Å². The first kappa shape index (κ1) is 17.8. The second kappa shape index (κ2) is 8.87. The molecule has 0 amide bonds. The molecular weight excluding hydrogens is 365 g/mol. The first-order chi connectivity index (χ1) is 9.29. The van der Waals surface area contributed by atoms with E-state index in [0.717, 1.165) is 51.8 Å². The molecule has 2 aliphatic heterocycles. The Hall–Kier alpha value is -0.300. The summed E-state index contributed by atoms with van der Waals surface area (Å²) in [6.07, 6.45) is 7.73. The fourth-order valence-electron chi connectivity index (χ4n) is 2.92. The molecule has 2 aliphatic rings. The third-order valence-corrected chi connectivity index (χ3v) is 4.05. The number of likely N-dealkylation sites (tertiary alicyclic amines) is 1. The van der Waals surface area contributed by atoms with E-state index in [0.29, 0.717) is 5.41 Å². The maximum atomic E-state index is 5.59. The lowest BCUT2D eigenvalue weighted by atomic mass is 9.87. The number of nitrogens with zero attached hydrogens (tertiary/aromatic N) is 2. The topological polar surface area (TPSA) is 36.9 Å². The van der Waals surface area contributed by atoms with Gasteiger partial charge in [-0.3, -0.25) is 4.99 Å². The number of nitrogens with one attached hydrogen (secondary N) is 1. The number of ether oxygens (including phenoxy) is 1. The normalized spacial score (nSPS) is 26.5. The number of hydrogen-bond donors (Lipinski definition) is 1. The number of rotatable bonds is 4. The van der Waals surface area contributed by atoms with Crippen LogP contribution in [0.4, 0.5) is 0 Å². The summed E-state index contributed by atoms with van der Waals surface area (Å²) in [5.74, 6) is 1.08. The van der Waals surface area contributed by atoms with E-state index in [9.17, 15) is 0 Å². The van der Waals surface area contributed by atoms with Gasteiger partial charge in [-0.05, 0) is 33.1 Å². The minimum absolute atomic E-state index is 0. The van der Waals surface area contributed by atoms with E-state index in [-0.39, 0.29) is 24.0 Å². The SMILES string of the molecule is C/C=C/CCN=C(NCC)N1CCC2(CCOC2)C1.I. The lowest BCUT2D eigenvalue weighted by Crippen LogP contribution is -2.41. The summed E-state index contributed by atoms with van der Waals surface area (Å²) in [5, 5.41) is 3.42. The second-order valence-electron chi connectivity index (χ2n) is 5.57. The van der Waals surface area contributed by atoms with Gasteiger partial charge in [0, 0.05) is 38.2 Å². The van der Waals surface area contributed by atoms with Crippen LogP contribution in [0.3, 0.4) is 0 Å². The maximum Gasteiger partial charge on any atom is 0.193 e. The Morgan fingerprint density at radius 2 is 2.30 bits per heavy atom. The highest BCUT2D eigenvalue weighted by molar-refractivity contribution is 14.0. The van der Waals surface area contributed by atoms with Crippen molar-refractivity contribution in [2.75, 3.05) is 39.4 Å². The number of guanidine groups is 1. The average molecular weight is 393 g/mol. The first-order valence-corrected chi connectivity index (χ1v) is 7.52. The Morgan fingerprint density at radius 3 is 2.95 bits per heavy atom. The smallest absolute Gasteiger partial charge is 0.193 e. The van der Waals surface area contributed by atoms with E-state index in [1.165, 1.54) is 12.8 Å². The molecule has 2 saturated heterocycles. The molecule has 2 rings (SSSR count). The minimum Gasteiger partial charge on any atom is -0.381 e. The van der Waals surface area contributed by atoms with E-state index in [2.05, 4.69) is 36.2 Å². The van der Waals surface area contributed by atoms with Crippen molar-refractivity contribution in [3.63, 3.8) is 0 Å². The summed E-state index contributed by atoms with van der Waals surface area (Å²) in [6.45, 7) is 10.1. The average Bonchev–Trinajstić information content (AvgIpc) is 3.04. The van der Waals surface area contributed by atoms with Gasteiger partial charge in [-0.15, -0.1) is 24.0 Å². The molecule has 4 nitrogen and oxygen atoms in total. The van der Waals surface area contributed by atoms with Crippen LogP contribution in [0.5, 0.6) is 0 Å². The van der Waals surface area contributed by atoms with Crippen LogP contribution in [-0.2, 0) is 4.74 Å². The lowest BCUT2D eigenvalue weighted by Gasteiger charge is -2.24. The number of hydrogen-bond acceptors (Lipinski definition) is 2. The van der Waals surface area contributed by atoms with Crippen LogP contribution in [0, 0.1) is 5.41 Å². The molecule has 1 unspecified atom stereocenters. The van der Waals surface area contributed by atoms with Gasteiger partial charge in [-0.25, -0.2) is 0 Å². The molecule has 0 aromatic rings. The standard InChI is InChI=1S/C15H27N3O.HI/c1-3-5-6-9-17-14(16-4-2)18-10-7-15(12-18)8-11-19-13-15;/h3,5H,4,6-13H2,1-2H3,(H,16,17);1H/b5-3+;. The summed E-state index contributed by atoms with van der Waals surface area (Å²) in [7, 11) is 0. The van der Waals surface area contributed by atoms with Crippen LogP contribution in [0.15, 0.2) is 17.1 Å². The molecule has 116 valence electrons. The largest absolute Gasteiger partial charge is 0.381 e. The van der Waals surface area contributed by atoms with Crippen LogP contribution >= 0.6 is 24.0 Å². The van der Waals surface area contributed by atoms with Crippen LogP contribution in [0.1, 0.15) is 33.1 Å². The highest BCUT2D eigenvalue weighted by Gasteiger charge is 2.42. The fraction of sp³-hybridized carbons (Fsp3) is 0.800. The third kappa shape index (κ3) is 4.62. The van der Waals surface area contributed by atoms with Gasteiger partial charge in [0.1, 0.15) is 0 Å². The molecule has 0 radical (unpaired) electrons. The molecule has 0 bridgehead atoms. The summed E-state index contributed by atoms with van der Waals surface area (Å²) in [4.78, 5) is 7.14. The van der Waals surface area contributed by atoms with Gasteiger partial charge in [0.15, 0.2) is 5.96 Å². The Bertz CT molecular complexity index is 338. The van der Waals surface area contributed by atoms with E-state index in [1.54, 1.807) is 0 Å². The molecule has 1 atom stereocenters. The van der Waals surface area contributed by atoms with Gasteiger partial charge in [0.25, 0.3) is 0 Å². The molecule has 5 heteroatoms. The van der Waals surface area contributed by atoms with Crippen molar-refractivity contribution in [3.05, 3.63) is 12.2 Å². The van der Waals surface area contributed by atoms with Crippen LogP contribution in [0.25, 0.3) is 0 Å². The van der Waals surface area contributed by atoms with Crippen molar-refractivity contribution >= 4 is 29.9 Å². The van der Waals surface area contributed by atoms with Crippen molar-refractivity contribution in [1.29, 1.82) is 0 Å². The molecule has 0 aromatic heterocycles. The summed E-state index contributed by atoms with van der Waals surface area (Å²) in [5.41, 5.74) is 0.402. The van der Waals surface area contributed by atoms with E-state index >= 15 is 0 Å². The molecule has 0 aliphatic carbocycles. The fourth-order valence-corrected chi connectivity index (χ4v) is 2.92. The van der Waals surface area contributed by atoms with Crippen LogP contribution < -0.4 is 5.32 Å². The number of allylic oxidation sites excluding steroid dienone is 1. The molecule has 2 heterocycles. The molecule has 1 spiro atoms. The van der Waals surface area contributed by atoms with Gasteiger partial charge in [-0.1, -0.05) is 12.2 Å². The zero-order chi connectivity index (χ0) is 13.6. The summed E-state index contributed by atoms with van der Waals surface area (Å²) < 4.78 is 5.59. The predicted molar refractivity (Wildman–Crippen MR) is 94.9 cm³/mol. The highest BCUT2D eigenvalue weighted by Crippen LogP contribution is 2.38. The first-order valence-electron chi connectivity index (χ1n) is 7.52. The molecule has 0 aromatic carbocycles. The van der Waals surface area contributed by atoms with Gasteiger partial charge >= 0.3 is 0 Å². The van der Waals surface area contributed by atoms with Crippen molar-refractivity contribution in [3.8, 4) is 0 Å². The van der Waals surface area contributed by atoms with Crippen molar-refractivity contribution in [1.82, 2.24) is 10.2 Å². The van der Waals surface area contributed by atoms with E-state index in [4.69, 9.17) is 9.73 Å². The molecule has 2 fully saturated rings. The highest BCUT2D eigenvalue weighted by atomic mass is 127. The number of halogens is 1. The molecular formula is C15H28IN3O. The lowest BCUT2D eigenvalue weighted by molar-refractivity contribution is 0.156. The Kier molecular flexibility index (Phi) is 7.87. The Labute approximate surface area is 140 Å². The zero-order valence-corrected chi connectivity index (χ0v) is 15.1. The van der Waals surface area contributed by atoms with Crippen molar-refractivity contribution in [2.45, 2.75) is 33.1 Å². The van der Waals surface area contributed by atoms with Crippen molar-refractivity contribution < 1.29 is 4.74 Å². The van der Waals surface area contributed by atoms with Crippen LogP contribution in [-0.4, -0.2) is 50.3 Å². The zero-order valence-electron chi connectivity index (χ0n) is 12.7. The molecule has 1 N–H and O–H groups in total. The van der Waals surface area contributed by atoms with Gasteiger partial charge < -0.3 is 15.0 Å². The van der Waals surface area contributed by atoms with Crippen molar-refractivity contribution in [2.24, 2.45) is 10.4 Å². The van der Waals surface area contributed by atoms with E-state index in [1.807, 2.05) is 0 Å². The third-order valence-electron chi connectivity index (χ3n) is 4.05. The second-order valence-corrected chi connectivity index (χ2v) is 5.57. The monoisotopic (exact) mass is 393 g/mol. The number of aliphatic imine (C=N–C) groups is 1. The quantitative estimate of drug-likeness (QED) is 0.262. The summed E-state index contributed by atoms with van der Waals surface area (Å²) >= 11 is 0. The Balaban J connectivity index is 0.00000200. The van der Waals surface area contributed by atoms with Gasteiger partial charge in [0.2, 0.25) is 0 Å². The van der Waals surface area contributed by atoms with Gasteiger partial charge in [-0.2, -0.15) is 0 Å². The molecule has 0 saturated carbocycles. The minimum atomic E-state index is 0. The summed E-state index contributed by atoms with van der Waals surface area (Å²) in [6, 6.07) is 0. The maximum absolute atomic E-state index is 5.59. The molecule has 20 heavy (non-hydrogen) atoms. The van der Waals surface area contributed by atoms with Crippen LogP contribution in [0.2, 0.25) is 0 Å². The predicted octanol–water partition coefficient (Wildman–Crippen LogP) is 2.65. The Morgan fingerprint density at radius 1 is 1.45 bits per heavy atom. The van der Waals surface area contributed by atoms with Gasteiger partial charge in [0.05, 0.1) is 6.61 Å².